The molecule has 0 radical (unpaired) electrons. The molecular formula is C18H21ClN4O. The van der Waals surface area contributed by atoms with E-state index in [-0.39, 0.29) is 17.9 Å². The number of hydrogen-bond acceptors (Lipinski definition) is 4. The highest BCUT2D eigenvalue weighted by atomic mass is 35.5. The molecule has 126 valence electrons. The Labute approximate surface area is 147 Å². The fourth-order valence-electron chi connectivity index (χ4n) is 3.03. The van der Waals surface area contributed by atoms with Crippen molar-refractivity contribution in [2.24, 2.45) is 5.92 Å². The molecule has 6 heteroatoms. The number of carbonyl (C=O) groups is 1. The van der Waals surface area contributed by atoms with E-state index in [1.165, 1.54) is 0 Å². The zero-order chi connectivity index (χ0) is 16.9. The van der Waals surface area contributed by atoms with Gasteiger partial charge >= 0.3 is 0 Å². The summed E-state index contributed by atoms with van der Waals surface area (Å²) in [6, 6.07) is 13.6. The molecule has 2 atom stereocenters. The minimum Gasteiger partial charge on any atom is -0.354 e. The fraction of sp³-hybridized carbons (Fsp3) is 0.389. The third-order valence-electron chi connectivity index (χ3n) is 4.39. The van der Waals surface area contributed by atoms with Crippen LogP contribution in [-0.2, 0) is 4.79 Å². The summed E-state index contributed by atoms with van der Waals surface area (Å²) in [4.78, 5) is 14.7. The third-order valence-corrected chi connectivity index (χ3v) is 4.59. The summed E-state index contributed by atoms with van der Waals surface area (Å²) in [5, 5.41) is 11.5. The number of halogens is 1. The normalized spacial score (nSPS) is 18.9. The molecule has 1 aliphatic heterocycles. The Kier molecular flexibility index (Phi) is 5.30. The van der Waals surface area contributed by atoms with Gasteiger partial charge in [-0.2, -0.15) is 0 Å². The lowest BCUT2D eigenvalue weighted by molar-refractivity contribution is -0.125. The lowest BCUT2D eigenvalue weighted by Crippen LogP contribution is -2.44. The van der Waals surface area contributed by atoms with E-state index in [0.717, 1.165) is 30.8 Å². The van der Waals surface area contributed by atoms with Crippen LogP contribution in [0.2, 0.25) is 5.15 Å². The zero-order valence-corrected chi connectivity index (χ0v) is 14.4. The number of piperidine rings is 1. The second kappa shape index (κ2) is 7.62. The van der Waals surface area contributed by atoms with Crippen LogP contribution in [0.1, 0.15) is 31.4 Å². The highest BCUT2D eigenvalue weighted by molar-refractivity contribution is 6.29. The molecule has 0 saturated carbocycles. The molecule has 0 spiro atoms. The van der Waals surface area contributed by atoms with Crippen LogP contribution in [0.15, 0.2) is 42.5 Å². The van der Waals surface area contributed by atoms with Crippen LogP contribution < -0.4 is 10.2 Å². The molecule has 1 aromatic heterocycles. The van der Waals surface area contributed by atoms with Crippen molar-refractivity contribution >= 4 is 23.3 Å². The van der Waals surface area contributed by atoms with Gasteiger partial charge in [0.15, 0.2) is 11.0 Å². The molecule has 1 fully saturated rings. The molecule has 1 aliphatic rings. The maximum Gasteiger partial charge on any atom is 0.225 e. The number of nitrogens with zero attached hydrogens (tertiary/aromatic N) is 3. The average molecular weight is 345 g/mol. The number of hydrogen-bond donors (Lipinski definition) is 1. The molecule has 3 rings (SSSR count). The van der Waals surface area contributed by atoms with E-state index in [1.54, 1.807) is 6.07 Å². The molecule has 5 nitrogen and oxygen atoms in total. The first-order chi connectivity index (χ1) is 11.6. The number of amides is 1. The van der Waals surface area contributed by atoms with E-state index >= 15 is 0 Å². The van der Waals surface area contributed by atoms with Crippen LogP contribution in [-0.4, -0.2) is 29.2 Å². The predicted molar refractivity (Wildman–Crippen MR) is 95.0 cm³/mol. The van der Waals surface area contributed by atoms with Gasteiger partial charge in [0.05, 0.1) is 12.0 Å². The summed E-state index contributed by atoms with van der Waals surface area (Å²) in [5.41, 5.74) is 1.11. The van der Waals surface area contributed by atoms with Crippen molar-refractivity contribution in [3.63, 3.8) is 0 Å². The quantitative estimate of drug-likeness (QED) is 0.925. The second-order valence-corrected chi connectivity index (χ2v) is 6.53. The third kappa shape index (κ3) is 4.03. The lowest BCUT2D eigenvalue weighted by atomic mass is 9.96. The molecule has 2 heterocycles. The van der Waals surface area contributed by atoms with Gasteiger partial charge in [-0.15, -0.1) is 10.2 Å². The molecule has 0 unspecified atom stereocenters. The maximum absolute atomic E-state index is 12.6. The van der Waals surface area contributed by atoms with Gasteiger partial charge in [-0.25, -0.2) is 0 Å². The molecule has 24 heavy (non-hydrogen) atoms. The number of anilines is 1. The molecule has 2 aromatic rings. The smallest absolute Gasteiger partial charge is 0.225 e. The molecule has 1 amide bonds. The second-order valence-electron chi connectivity index (χ2n) is 6.14. The predicted octanol–water partition coefficient (Wildman–Crippen LogP) is 3.22. The molecule has 0 bridgehead atoms. The standard InChI is InChI=1S/C18H21ClN4O/c1-13(14-6-3-2-4-7-14)20-18(24)15-8-5-11-23(12-15)17-10-9-16(19)21-22-17/h2-4,6-7,9-10,13,15H,5,8,11-12H2,1H3,(H,20,24)/t13-,15-/m0/s1. The monoisotopic (exact) mass is 344 g/mol. The van der Waals surface area contributed by atoms with Crippen LogP contribution in [0, 0.1) is 5.92 Å². The van der Waals surface area contributed by atoms with Gasteiger partial charge in [-0.3, -0.25) is 4.79 Å². The Morgan fingerprint density at radius 3 is 2.75 bits per heavy atom. The summed E-state index contributed by atoms with van der Waals surface area (Å²) in [5.74, 6) is 0.827. The Bertz CT molecular complexity index is 677. The van der Waals surface area contributed by atoms with E-state index in [0.29, 0.717) is 11.7 Å². The van der Waals surface area contributed by atoms with Gasteiger partial charge in [0.25, 0.3) is 0 Å². The van der Waals surface area contributed by atoms with E-state index in [1.807, 2.05) is 43.3 Å². The first-order valence-corrected chi connectivity index (χ1v) is 8.61. The molecule has 1 aromatic carbocycles. The van der Waals surface area contributed by atoms with Crippen LogP contribution >= 0.6 is 11.6 Å². The Balaban J connectivity index is 1.61. The largest absolute Gasteiger partial charge is 0.354 e. The molecule has 1 N–H and O–H groups in total. The van der Waals surface area contributed by atoms with Crippen molar-refractivity contribution < 1.29 is 4.79 Å². The number of aromatic nitrogens is 2. The van der Waals surface area contributed by atoms with Gasteiger partial charge in [0.1, 0.15) is 0 Å². The lowest BCUT2D eigenvalue weighted by Gasteiger charge is -2.33. The van der Waals surface area contributed by atoms with E-state index in [4.69, 9.17) is 11.6 Å². The zero-order valence-electron chi connectivity index (χ0n) is 13.7. The Hall–Kier alpha value is -2.14. The first-order valence-electron chi connectivity index (χ1n) is 8.23. The van der Waals surface area contributed by atoms with Gasteiger partial charge in [-0.1, -0.05) is 41.9 Å². The van der Waals surface area contributed by atoms with Crippen molar-refractivity contribution in [3.8, 4) is 0 Å². The fourth-order valence-corrected chi connectivity index (χ4v) is 3.13. The van der Waals surface area contributed by atoms with Crippen LogP contribution in [0.5, 0.6) is 0 Å². The van der Waals surface area contributed by atoms with Crippen LogP contribution in [0.25, 0.3) is 0 Å². The molecule has 0 aliphatic carbocycles. The van der Waals surface area contributed by atoms with E-state index < -0.39 is 0 Å². The van der Waals surface area contributed by atoms with Crippen molar-refractivity contribution in [2.45, 2.75) is 25.8 Å². The average Bonchev–Trinajstić information content (AvgIpc) is 2.63. The number of benzene rings is 1. The molecule has 1 saturated heterocycles. The number of carbonyl (C=O) groups excluding carboxylic acids is 1. The summed E-state index contributed by atoms with van der Waals surface area (Å²) in [6.07, 6.45) is 1.85. The van der Waals surface area contributed by atoms with Gasteiger partial charge in [-0.05, 0) is 37.5 Å². The summed E-state index contributed by atoms with van der Waals surface area (Å²) < 4.78 is 0. The van der Waals surface area contributed by atoms with Crippen molar-refractivity contribution in [1.29, 1.82) is 0 Å². The van der Waals surface area contributed by atoms with E-state index in [2.05, 4.69) is 20.4 Å². The van der Waals surface area contributed by atoms with Gasteiger partial charge in [0, 0.05) is 13.1 Å². The van der Waals surface area contributed by atoms with Crippen LogP contribution in [0.3, 0.4) is 0 Å². The Morgan fingerprint density at radius 1 is 1.25 bits per heavy atom. The van der Waals surface area contributed by atoms with Gasteiger partial charge in [0.2, 0.25) is 5.91 Å². The summed E-state index contributed by atoms with van der Waals surface area (Å²) in [6.45, 7) is 3.55. The molecular weight excluding hydrogens is 324 g/mol. The Morgan fingerprint density at radius 2 is 2.04 bits per heavy atom. The number of nitrogens with one attached hydrogen (secondary N) is 1. The van der Waals surface area contributed by atoms with Crippen LogP contribution in [0.4, 0.5) is 5.82 Å². The van der Waals surface area contributed by atoms with Crippen molar-refractivity contribution in [1.82, 2.24) is 15.5 Å². The highest BCUT2D eigenvalue weighted by Crippen LogP contribution is 2.23. The van der Waals surface area contributed by atoms with Gasteiger partial charge < -0.3 is 10.2 Å². The maximum atomic E-state index is 12.6. The summed E-state index contributed by atoms with van der Waals surface area (Å²) >= 11 is 5.79. The highest BCUT2D eigenvalue weighted by Gasteiger charge is 2.27. The van der Waals surface area contributed by atoms with E-state index in [9.17, 15) is 4.79 Å². The number of rotatable bonds is 4. The minimum absolute atomic E-state index is 0.00407. The summed E-state index contributed by atoms with van der Waals surface area (Å²) in [7, 11) is 0. The topological polar surface area (TPSA) is 58.1 Å². The first kappa shape index (κ1) is 16.7. The SMILES string of the molecule is C[C@H](NC(=O)[C@H]1CCCN(c2ccc(Cl)nn2)C1)c1ccccc1. The van der Waals surface area contributed by atoms with Crippen molar-refractivity contribution in [2.75, 3.05) is 18.0 Å². The van der Waals surface area contributed by atoms with Crippen molar-refractivity contribution in [3.05, 3.63) is 53.2 Å². The minimum atomic E-state index is -0.0395.